The lowest BCUT2D eigenvalue weighted by atomic mass is 9.96. The molecule has 1 aliphatic rings. The van der Waals surface area contributed by atoms with Crippen LogP contribution in [-0.2, 0) is 7.05 Å². The smallest absolute Gasteiger partial charge is 0.225 e. The van der Waals surface area contributed by atoms with Crippen molar-refractivity contribution in [1.29, 1.82) is 0 Å². The van der Waals surface area contributed by atoms with Crippen molar-refractivity contribution in [2.75, 3.05) is 11.1 Å². The van der Waals surface area contributed by atoms with Gasteiger partial charge in [0, 0.05) is 18.7 Å². The van der Waals surface area contributed by atoms with Crippen LogP contribution in [-0.4, -0.2) is 25.8 Å². The number of nitrogens with zero attached hydrogens (tertiary/aromatic N) is 4. The number of aromatic nitrogens is 4. The van der Waals surface area contributed by atoms with Gasteiger partial charge in [0.25, 0.3) is 0 Å². The summed E-state index contributed by atoms with van der Waals surface area (Å²) < 4.78 is 15.1. The molecule has 2 heterocycles. The molecule has 0 bridgehead atoms. The highest BCUT2D eigenvalue weighted by Gasteiger charge is 2.20. The van der Waals surface area contributed by atoms with Crippen molar-refractivity contribution in [3.8, 4) is 11.3 Å². The summed E-state index contributed by atoms with van der Waals surface area (Å²) in [4.78, 5) is 9.21. The van der Waals surface area contributed by atoms with Crippen molar-refractivity contribution in [2.24, 2.45) is 7.05 Å². The first-order valence-corrected chi connectivity index (χ1v) is 9.13. The van der Waals surface area contributed by atoms with E-state index in [1.54, 1.807) is 23.9 Å². The average Bonchev–Trinajstić information content (AvgIpc) is 2.92. The summed E-state index contributed by atoms with van der Waals surface area (Å²) in [5.74, 6) is 0.498. The van der Waals surface area contributed by atoms with Gasteiger partial charge in [-0.2, -0.15) is 10.1 Å². The van der Waals surface area contributed by atoms with Crippen molar-refractivity contribution < 1.29 is 4.39 Å². The Morgan fingerprint density at radius 1 is 1.23 bits per heavy atom. The molecule has 3 N–H and O–H groups in total. The van der Waals surface area contributed by atoms with E-state index >= 15 is 0 Å². The van der Waals surface area contributed by atoms with Gasteiger partial charge in [0.05, 0.1) is 16.1 Å². The summed E-state index contributed by atoms with van der Waals surface area (Å²) in [6.07, 6.45) is 5.88. The van der Waals surface area contributed by atoms with Crippen molar-refractivity contribution in [1.82, 2.24) is 19.7 Å². The number of benzene rings is 1. The fourth-order valence-corrected chi connectivity index (χ4v) is 3.64. The Bertz CT molecular complexity index is 964. The second-order valence-electron chi connectivity index (χ2n) is 6.71. The molecule has 1 saturated carbocycles. The van der Waals surface area contributed by atoms with Gasteiger partial charge in [-0.05, 0) is 31.0 Å². The van der Waals surface area contributed by atoms with E-state index in [2.05, 4.69) is 20.4 Å². The molecule has 0 aliphatic heterocycles. The molecule has 2 aromatic heterocycles. The summed E-state index contributed by atoms with van der Waals surface area (Å²) in [6.45, 7) is 0. The SMILES string of the molecule is Cn1nc2nc(NC3CCCCC3)nc(-c3ccc(F)c(Cl)c3)c2c1N. The molecule has 1 aliphatic carbocycles. The van der Waals surface area contributed by atoms with Crippen molar-refractivity contribution in [3.05, 3.63) is 29.0 Å². The number of anilines is 2. The maximum atomic E-state index is 13.6. The molecule has 3 aromatic rings. The van der Waals surface area contributed by atoms with Gasteiger partial charge in [0.2, 0.25) is 5.95 Å². The summed E-state index contributed by atoms with van der Waals surface area (Å²) in [6, 6.07) is 4.87. The summed E-state index contributed by atoms with van der Waals surface area (Å²) >= 11 is 5.97. The Morgan fingerprint density at radius 3 is 2.73 bits per heavy atom. The summed E-state index contributed by atoms with van der Waals surface area (Å²) in [7, 11) is 1.76. The maximum Gasteiger partial charge on any atom is 0.225 e. The van der Waals surface area contributed by atoms with Gasteiger partial charge in [0.15, 0.2) is 5.65 Å². The highest BCUT2D eigenvalue weighted by Crippen LogP contribution is 2.33. The van der Waals surface area contributed by atoms with Crippen molar-refractivity contribution >= 4 is 34.4 Å². The minimum Gasteiger partial charge on any atom is -0.383 e. The molecule has 0 unspecified atom stereocenters. The average molecular weight is 375 g/mol. The van der Waals surface area contributed by atoms with Crippen LogP contribution >= 0.6 is 11.6 Å². The molecule has 4 rings (SSSR count). The van der Waals surface area contributed by atoms with Crippen LogP contribution in [0.3, 0.4) is 0 Å². The molecule has 136 valence electrons. The first-order valence-electron chi connectivity index (χ1n) is 8.75. The number of rotatable bonds is 3. The molecule has 0 saturated heterocycles. The Morgan fingerprint density at radius 2 is 2.00 bits per heavy atom. The van der Waals surface area contributed by atoms with Gasteiger partial charge in [-0.3, -0.25) is 4.68 Å². The van der Waals surface area contributed by atoms with Crippen LogP contribution in [0.2, 0.25) is 5.02 Å². The summed E-state index contributed by atoms with van der Waals surface area (Å²) in [5, 5.41) is 8.49. The topological polar surface area (TPSA) is 81.7 Å². The molecule has 1 fully saturated rings. The normalized spacial score (nSPS) is 15.5. The molecule has 6 nitrogen and oxygen atoms in total. The number of aryl methyl sites for hydroxylation is 1. The maximum absolute atomic E-state index is 13.6. The minimum atomic E-state index is -0.472. The van der Waals surface area contributed by atoms with Gasteiger partial charge < -0.3 is 11.1 Å². The molecular formula is C18H20ClFN6. The van der Waals surface area contributed by atoms with Crippen molar-refractivity contribution in [2.45, 2.75) is 38.1 Å². The second-order valence-corrected chi connectivity index (χ2v) is 7.12. The molecule has 1 aromatic carbocycles. The Balaban J connectivity index is 1.83. The van der Waals surface area contributed by atoms with Crippen LogP contribution in [0, 0.1) is 5.82 Å². The van der Waals surface area contributed by atoms with E-state index in [1.807, 2.05) is 0 Å². The molecule has 0 spiro atoms. The molecular weight excluding hydrogens is 355 g/mol. The zero-order chi connectivity index (χ0) is 18.3. The number of halogens is 2. The van der Waals surface area contributed by atoms with Crippen molar-refractivity contribution in [3.63, 3.8) is 0 Å². The third-order valence-electron chi connectivity index (χ3n) is 4.87. The summed E-state index contributed by atoms with van der Waals surface area (Å²) in [5.41, 5.74) is 7.95. The van der Waals surface area contributed by atoms with E-state index in [9.17, 15) is 4.39 Å². The van der Waals surface area contributed by atoms with Gasteiger partial charge in [-0.15, -0.1) is 0 Å². The number of hydrogen-bond donors (Lipinski definition) is 2. The van der Waals surface area contributed by atoms with E-state index < -0.39 is 5.82 Å². The molecule has 0 radical (unpaired) electrons. The predicted octanol–water partition coefficient (Wildman–Crippen LogP) is 4.15. The quantitative estimate of drug-likeness (QED) is 0.719. The van der Waals surface area contributed by atoms with Gasteiger partial charge >= 0.3 is 0 Å². The lowest BCUT2D eigenvalue weighted by Crippen LogP contribution is -2.23. The monoisotopic (exact) mass is 374 g/mol. The van der Waals surface area contributed by atoms with Gasteiger partial charge in [0.1, 0.15) is 11.6 Å². The third-order valence-corrected chi connectivity index (χ3v) is 5.16. The number of nitrogens with two attached hydrogens (primary N) is 1. The number of nitrogen functional groups attached to an aromatic ring is 1. The van der Waals surface area contributed by atoms with Crippen LogP contribution in [0.1, 0.15) is 32.1 Å². The molecule has 0 amide bonds. The van der Waals surface area contributed by atoms with Crippen LogP contribution < -0.4 is 11.1 Å². The van der Waals surface area contributed by atoms with Crippen LogP contribution in [0.4, 0.5) is 16.2 Å². The van der Waals surface area contributed by atoms with E-state index in [4.69, 9.17) is 17.3 Å². The number of fused-ring (bicyclic) bond motifs is 1. The molecule has 8 heteroatoms. The first kappa shape index (κ1) is 17.0. The highest BCUT2D eigenvalue weighted by atomic mass is 35.5. The standard InChI is InChI=1S/C18H20ClFN6/c1-26-16(21)14-15(10-7-8-13(20)12(19)9-10)23-18(24-17(14)25-26)22-11-5-3-2-4-6-11/h7-9,11H,2-6,21H2,1H3,(H,22,24,25). The van der Waals surface area contributed by atoms with Gasteiger partial charge in [-0.1, -0.05) is 30.9 Å². The van der Waals surface area contributed by atoms with E-state index in [0.717, 1.165) is 12.8 Å². The van der Waals surface area contributed by atoms with E-state index in [0.29, 0.717) is 40.1 Å². The lowest BCUT2D eigenvalue weighted by molar-refractivity contribution is 0.461. The largest absolute Gasteiger partial charge is 0.383 e. The highest BCUT2D eigenvalue weighted by molar-refractivity contribution is 6.31. The number of nitrogens with one attached hydrogen (secondary N) is 1. The van der Waals surface area contributed by atoms with E-state index in [-0.39, 0.29) is 5.02 Å². The molecule has 26 heavy (non-hydrogen) atoms. The lowest BCUT2D eigenvalue weighted by Gasteiger charge is -2.22. The Labute approximate surface area is 155 Å². The Hall–Kier alpha value is -2.41. The minimum absolute atomic E-state index is 0.0403. The van der Waals surface area contributed by atoms with Crippen LogP contribution in [0.5, 0.6) is 0 Å². The fraction of sp³-hybridized carbons (Fsp3) is 0.389. The van der Waals surface area contributed by atoms with Crippen LogP contribution in [0.25, 0.3) is 22.3 Å². The Kier molecular flexibility index (Phi) is 4.40. The third kappa shape index (κ3) is 3.07. The van der Waals surface area contributed by atoms with Gasteiger partial charge in [-0.25, -0.2) is 9.37 Å². The fourth-order valence-electron chi connectivity index (χ4n) is 3.46. The second kappa shape index (κ2) is 6.72. The first-order chi connectivity index (χ1) is 12.5. The van der Waals surface area contributed by atoms with Crippen LogP contribution in [0.15, 0.2) is 18.2 Å². The number of hydrogen-bond acceptors (Lipinski definition) is 5. The zero-order valence-corrected chi connectivity index (χ0v) is 15.2. The molecule has 0 atom stereocenters. The zero-order valence-electron chi connectivity index (χ0n) is 14.5. The predicted molar refractivity (Wildman–Crippen MR) is 102 cm³/mol. The van der Waals surface area contributed by atoms with E-state index in [1.165, 1.54) is 25.3 Å².